The van der Waals surface area contributed by atoms with Crippen LogP contribution in [-0.4, -0.2) is 92.4 Å². The normalized spacial score (nSPS) is 16.6. The topological polar surface area (TPSA) is 145 Å². The molecule has 1 aliphatic heterocycles. The average molecular weight is 618 g/mol. The smallest absolute Gasteiger partial charge is 0.246 e. The number of nitrogens with two attached hydrogens (primary N) is 1. The lowest BCUT2D eigenvalue weighted by Crippen LogP contribution is -2.58. The molecule has 0 aliphatic carbocycles. The molecule has 0 spiro atoms. The van der Waals surface area contributed by atoms with E-state index in [1.165, 1.54) is 0 Å². The van der Waals surface area contributed by atoms with Gasteiger partial charge in [-0.2, -0.15) is 0 Å². The number of likely N-dealkylation sites (tertiary alicyclic amines) is 1. The molecule has 0 radical (unpaired) electrons. The minimum atomic E-state index is -0.812. The van der Waals surface area contributed by atoms with Crippen molar-refractivity contribution in [2.75, 3.05) is 52.7 Å². The van der Waals surface area contributed by atoms with Crippen molar-refractivity contribution in [3.8, 4) is 10.4 Å². The first-order chi connectivity index (χ1) is 20.5. The van der Waals surface area contributed by atoms with Crippen LogP contribution in [0.15, 0.2) is 29.8 Å². The molecule has 43 heavy (non-hydrogen) atoms. The molecule has 4 N–H and O–H groups in total. The highest BCUT2D eigenvalue weighted by Gasteiger charge is 2.42. The van der Waals surface area contributed by atoms with Crippen LogP contribution in [0.5, 0.6) is 0 Å². The van der Waals surface area contributed by atoms with Gasteiger partial charge in [0.2, 0.25) is 17.7 Å². The van der Waals surface area contributed by atoms with Crippen LogP contribution in [0.3, 0.4) is 0 Å². The molecule has 1 aromatic carbocycles. The first-order valence-electron chi connectivity index (χ1n) is 14.9. The quantitative estimate of drug-likeness (QED) is 0.244. The zero-order chi connectivity index (χ0) is 31.4. The molecule has 1 saturated heterocycles. The maximum absolute atomic E-state index is 13.7. The molecule has 3 unspecified atom stereocenters. The van der Waals surface area contributed by atoms with Crippen molar-refractivity contribution in [2.45, 2.75) is 65.6 Å². The minimum Gasteiger partial charge on any atom is -0.378 e. The van der Waals surface area contributed by atoms with E-state index in [2.05, 4.69) is 15.6 Å². The Kier molecular flexibility index (Phi) is 13.5. The third-order valence-corrected chi connectivity index (χ3v) is 8.25. The third-order valence-electron chi connectivity index (χ3n) is 7.27. The molecule has 12 heteroatoms. The molecule has 0 bridgehead atoms. The molecular formula is C31H47N5O6S. The molecule has 1 aromatic heterocycles. The fourth-order valence-electron chi connectivity index (χ4n) is 4.90. The Bertz CT molecular complexity index is 1180. The second-order valence-electron chi connectivity index (χ2n) is 11.7. The zero-order valence-corrected chi connectivity index (χ0v) is 26.8. The van der Waals surface area contributed by atoms with Crippen LogP contribution >= 0.6 is 11.3 Å². The Morgan fingerprint density at radius 3 is 2.30 bits per heavy atom. The van der Waals surface area contributed by atoms with Gasteiger partial charge in [0.1, 0.15) is 18.7 Å². The molecule has 2 heterocycles. The summed E-state index contributed by atoms with van der Waals surface area (Å²) in [7, 11) is 0. The highest BCUT2D eigenvalue weighted by Crippen LogP contribution is 2.29. The van der Waals surface area contributed by atoms with Gasteiger partial charge in [0.25, 0.3) is 0 Å². The van der Waals surface area contributed by atoms with Crippen molar-refractivity contribution in [1.29, 1.82) is 0 Å². The lowest BCUT2D eigenvalue weighted by Gasteiger charge is -2.35. The van der Waals surface area contributed by atoms with E-state index in [4.69, 9.17) is 19.9 Å². The van der Waals surface area contributed by atoms with Crippen molar-refractivity contribution in [1.82, 2.24) is 20.5 Å². The average Bonchev–Trinajstić information content (AvgIpc) is 3.63. The van der Waals surface area contributed by atoms with Crippen LogP contribution < -0.4 is 16.4 Å². The number of aromatic nitrogens is 1. The van der Waals surface area contributed by atoms with E-state index in [-0.39, 0.29) is 31.1 Å². The summed E-state index contributed by atoms with van der Waals surface area (Å²) in [4.78, 5) is 46.9. The van der Waals surface area contributed by atoms with Gasteiger partial charge in [-0.1, -0.05) is 45.0 Å². The Hall–Kier alpha value is -2.90. The number of rotatable bonds is 16. The number of carbonyl (C=O) groups excluding carboxylic acids is 3. The molecule has 11 nitrogen and oxygen atoms in total. The molecule has 3 atom stereocenters. The Morgan fingerprint density at radius 2 is 1.70 bits per heavy atom. The molecule has 1 aliphatic rings. The summed E-state index contributed by atoms with van der Waals surface area (Å²) < 4.78 is 16.1. The Morgan fingerprint density at radius 1 is 1.05 bits per heavy atom. The first kappa shape index (κ1) is 34.6. The lowest BCUT2D eigenvalue weighted by atomic mass is 9.85. The summed E-state index contributed by atoms with van der Waals surface area (Å²) in [6.45, 7) is 12.2. The zero-order valence-electron chi connectivity index (χ0n) is 26.0. The highest BCUT2D eigenvalue weighted by atomic mass is 32.1. The molecular weight excluding hydrogens is 570 g/mol. The van der Waals surface area contributed by atoms with Gasteiger partial charge in [-0.05, 0) is 43.2 Å². The van der Waals surface area contributed by atoms with Gasteiger partial charge in [0, 0.05) is 13.1 Å². The second-order valence-corrected chi connectivity index (χ2v) is 12.6. The second kappa shape index (κ2) is 16.8. The number of nitrogens with one attached hydrogen (secondary N) is 2. The maximum Gasteiger partial charge on any atom is 0.246 e. The van der Waals surface area contributed by atoms with Crippen LogP contribution in [0, 0.1) is 12.3 Å². The monoisotopic (exact) mass is 617 g/mol. The molecule has 1 fully saturated rings. The molecule has 3 rings (SSSR count). The van der Waals surface area contributed by atoms with E-state index in [1.807, 2.05) is 64.4 Å². The van der Waals surface area contributed by atoms with Crippen molar-refractivity contribution in [2.24, 2.45) is 11.1 Å². The summed E-state index contributed by atoms with van der Waals surface area (Å²) in [5, 5.41) is 5.93. The number of hydrogen-bond acceptors (Lipinski definition) is 9. The van der Waals surface area contributed by atoms with Crippen molar-refractivity contribution in [3.63, 3.8) is 0 Å². The van der Waals surface area contributed by atoms with E-state index in [1.54, 1.807) is 16.2 Å². The summed E-state index contributed by atoms with van der Waals surface area (Å²) in [5.74, 6) is -0.863. The Labute approximate surface area is 258 Å². The standard InChI is InChI=1S/C31H47N5O6S/c1-21(23-8-10-24(11-9-23)27-22(2)33-20-43-27)34-29(38)25-7-6-13-36(25)30(39)28(31(3,4)5)35-26(37)19-42-18-17-41-16-15-40-14-12-32/h8-11,20-21,25,28H,6-7,12-19,32H2,1-5H3,(H,34,38)(H,35,37). The number of benzene rings is 1. The van der Waals surface area contributed by atoms with Crippen LogP contribution in [0.25, 0.3) is 10.4 Å². The van der Waals surface area contributed by atoms with E-state index < -0.39 is 23.4 Å². The predicted molar refractivity (Wildman–Crippen MR) is 166 cm³/mol. The van der Waals surface area contributed by atoms with Gasteiger partial charge in [-0.3, -0.25) is 14.4 Å². The number of ether oxygens (including phenoxy) is 3. The summed E-state index contributed by atoms with van der Waals surface area (Å²) >= 11 is 1.60. The van der Waals surface area contributed by atoms with Gasteiger partial charge >= 0.3 is 0 Å². The van der Waals surface area contributed by atoms with E-state index in [0.717, 1.165) is 21.7 Å². The predicted octanol–water partition coefficient (Wildman–Crippen LogP) is 2.83. The molecule has 2 aromatic rings. The van der Waals surface area contributed by atoms with Gasteiger partial charge in [-0.15, -0.1) is 11.3 Å². The van der Waals surface area contributed by atoms with Crippen LogP contribution in [0.4, 0.5) is 0 Å². The van der Waals surface area contributed by atoms with Gasteiger partial charge < -0.3 is 35.5 Å². The maximum atomic E-state index is 13.7. The largest absolute Gasteiger partial charge is 0.378 e. The lowest BCUT2D eigenvalue weighted by molar-refractivity contribution is -0.144. The van der Waals surface area contributed by atoms with Crippen molar-refractivity contribution in [3.05, 3.63) is 41.0 Å². The number of hydrogen-bond donors (Lipinski definition) is 3. The van der Waals surface area contributed by atoms with E-state index in [0.29, 0.717) is 52.4 Å². The molecule has 3 amide bonds. The number of aryl methyl sites for hydroxylation is 1. The number of thiazole rings is 1. The molecule has 238 valence electrons. The van der Waals surface area contributed by atoms with Crippen molar-refractivity contribution < 1.29 is 28.6 Å². The highest BCUT2D eigenvalue weighted by molar-refractivity contribution is 7.13. The van der Waals surface area contributed by atoms with Gasteiger partial charge in [-0.25, -0.2) is 4.98 Å². The summed E-state index contributed by atoms with van der Waals surface area (Å²) in [5.41, 5.74) is 9.68. The van der Waals surface area contributed by atoms with Gasteiger partial charge in [0.15, 0.2) is 0 Å². The van der Waals surface area contributed by atoms with E-state index in [9.17, 15) is 14.4 Å². The summed E-state index contributed by atoms with van der Waals surface area (Å²) in [6, 6.07) is 6.45. The summed E-state index contributed by atoms with van der Waals surface area (Å²) in [6.07, 6.45) is 1.28. The number of amides is 3. The first-order valence-corrected chi connectivity index (χ1v) is 15.7. The SMILES string of the molecule is Cc1ncsc1-c1ccc(C(C)NC(=O)C2CCCN2C(=O)C(NC(=O)COCCOCCOCCN)C(C)(C)C)cc1. The minimum absolute atomic E-state index is 0.198. The van der Waals surface area contributed by atoms with E-state index >= 15 is 0 Å². The third kappa shape index (κ3) is 10.4. The van der Waals surface area contributed by atoms with Crippen molar-refractivity contribution >= 4 is 29.1 Å². The van der Waals surface area contributed by atoms with Crippen LogP contribution in [-0.2, 0) is 28.6 Å². The Balaban J connectivity index is 1.52. The number of nitrogens with zero attached hydrogens (tertiary/aromatic N) is 2. The molecule has 0 saturated carbocycles. The fraction of sp³-hybridized carbons (Fsp3) is 0.613. The number of carbonyl (C=O) groups is 3. The van der Waals surface area contributed by atoms with Gasteiger partial charge in [0.05, 0.1) is 55.2 Å². The fourth-order valence-corrected chi connectivity index (χ4v) is 5.71. The van der Waals surface area contributed by atoms with Crippen LogP contribution in [0.1, 0.15) is 57.8 Å². The van der Waals surface area contributed by atoms with Crippen LogP contribution in [0.2, 0.25) is 0 Å².